The number of fused-ring (bicyclic) bond motifs is 2. The van der Waals surface area contributed by atoms with Crippen molar-refractivity contribution in [2.75, 3.05) is 48.5 Å². The Hall–Kier alpha value is -4.16. The second-order valence-corrected chi connectivity index (χ2v) is 10.0. The molecular weight excluding hydrogens is 464 g/mol. The Bertz CT molecular complexity index is 1400. The van der Waals surface area contributed by atoms with Crippen LogP contribution >= 0.6 is 11.3 Å². The van der Waals surface area contributed by atoms with Crippen molar-refractivity contribution >= 4 is 33.8 Å². The van der Waals surface area contributed by atoms with Crippen molar-refractivity contribution in [3.8, 4) is 18.1 Å². The van der Waals surface area contributed by atoms with Gasteiger partial charge in [-0.15, -0.1) is 11.3 Å². The van der Waals surface area contributed by atoms with Crippen molar-refractivity contribution in [3.05, 3.63) is 39.7 Å². The molecule has 1 fully saturated rings. The summed E-state index contributed by atoms with van der Waals surface area (Å²) < 4.78 is 5.39. The van der Waals surface area contributed by atoms with E-state index in [-0.39, 0.29) is 17.5 Å². The highest BCUT2D eigenvalue weighted by molar-refractivity contribution is 7.16. The number of rotatable bonds is 5. The summed E-state index contributed by atoms with van der Waals surface area (Å²) in [5.74, 6) is 1.30. The van der Waals surface area contributed by atoms with E-state index in [4.69, 9.17) is 16.2 Å². The van der Waals surface area contributed by atoms with Crippen LogP contribution in [0.2, 0.25) is 0 Å². The van der Waals surface area contributed by atoms with Gasteiger partial charge in [0.25, 0.3) is 0 Å². The average Bonchev–Trinajstić information content (AvgIpc) is 3.36. The van der Waals surface area contributed by atoms with Crippen molar-refractivity contribution < 1.29 is 4.74 Å². The SMILES string of the molecule is COc1nc(N2CC3(CCc4sc(N)c(C#N)c43)C2)c(C#N)c(N(C)C(C)c2cncnc2N)n1. The first kappa shape index (κ1) is 22.6. The molecule has 35 heavy (non-hydrogen) atoms. The van der Waals surface area contributed by atoms with Gasteiger partial charge >= 0.3 is 6.01 Å². The van der Waals surface area contributed by atoms with E-state index in [1.807, 2.05) is 18.9 Å². The van der Waals surface area contributed by atoms with Crippen LogP contribution in [0, 0.1) is 22.7 Å². The smallest absolute Gasteiger partial charge is 0.320 e. The Morgan fingerprint density at radius 1 is 1.23 bits per heavy atom. The van der Waals surface area contributed by atoms with Gasteiger partial charge in [-0.3, -0.25) is 0 Å². The number of nitrogen functional groups attached to an aromatic ring is 2. The minimum Gasteiger partial charge on any atom is -0.467 e. The van der Waals surface area contributed by atoms with E-state index >= 15 is 0 Å². The van der Waals surface area contributed by atoms with Gasteiger partial charge in [-0.05, 0) is 25.3 Å². The molecule has 12 heteroatoms. The number of hydrogen-bond acceptors (Lipinski definition) is 12. The molecular formula is C23H24N10OS. The highest BCUT2D eigenvalue weighted by Gasteiger charge is 2.52. The zero-order valence-corrected chi connectivity index (χ0v) is 20.4. The van der Waals surface area contributed by atoms with E-state index in [9.17, 15) is 10.5 Å². The molecule has 0 amide bonds. The Morgan fingerprint density at radius 3 is 2.63 bits per heavy atom. The Labute approximate surface area is 206 Å². The molecule has 4 N–H and O–H groups in total. The van der Waals surface area contributed by atoms with Crippen LogP contribution in [0.15, 0.2) is 12.5 Å². The highest BCUT2D eigenvalue weighted by atomic mass is 32.1. The van der Waals surface area contributed by atoms with Crippen LogP contribution in [0.3, 0.4) is 0 Å². The van der Waals surface area contributed by atoms with E-state index in [0.717, 1.165) is 24.0 Å². The fourth-order valence-electron chi connectivity index (χ4n) is 5.13. The van der Waals surface area contributed by atoms with Gasteiger partial charge in [-0.25, -0.2) is 9.97 Å². The van der Waals surface area contributed by atoms with Gasteiger partial charge in [0, 0.05) is 42.2 Å². The highest BCUT2D eigenvalue weighted by Crippen LogP contribution is 2.53. The van der Waals surface area contributed by atoms with E-state index < -0.39 is 0 Å². The third-order valence-corrected chi connectivity index (χ3v) is 8.13. The quantitative estimate of drug-likeness (QED) is 0.540. The third-order valence-electron chi connectivity index (χ3n) is 7.05. The Balaban J connectivity index is 1.51. The van der Waals surface area contributed by atoms with Gasteiger partial charge in [-0.1, -0.05) is 0 Å². The van der Waals surface area contributed by atoms with Gasteiger partial charge in [0.15, 0.2) is 11.6 Å². The number of nitrogens with zero attached hydrogens (tertiary/aromatic N) is 8. The number of ether oxygens (including phenoxy) is 1. The van der Waals surface area contributed by atoms with Crippen molar-refractivity contribution in [1.82, 2.24) is 19.9 Å². The molecule has 5 rings (SSSR count). The molecule has 1 spiro atoms. The van der Waals surface area contributed by atoms with E-state index in [1.165, 1.54) is 29.7 Å². The molecule has 0 saturated carbocycles. The molecule has 2 aliphatic rings. The van der Waals surface area contributed by atoms with Crippen LogP contribution in [0.25, 0.3) is 0 Å². The molecule has 0 aromatic carbocycles. The number of methoxy groups -OCH3 is 1. The van der Waals surface area contributed by atoms with Crippen molar-refractivity contribution in [2.24, 2.45) is 0 Å². The molecule has 3 aromatic rings. The van der Waals surface area contributed by atoms with Crippen molar-refractivity contribution in [2.45, 2.75) is 31.2 Å². The molecule has 1 unspecified atom stereocenters. The van der Waals surface area contributed by atoms with Gasteiger partial charge < -0.3 is 26.0 Å². The second-order valence-electron chi connectivity index (χ2n) is 8.88. The lowest BCUT2D eigenvalue weighted by Gasteiger charge is -2.49. The van der Waals surface area contributed by atoms with Crippen LogP contribution in [0.5, 0.6) is 6.01 Å². The number of thiophene rings is 1. The number of nitrogens with two attached hydrogens (primary N) is 2. The lowest BCUT2D eigenvalue weighted by molar-refractivity contribution is 0.323. The number of anilines is 4. The first-order valence-corrected chi connectivity index (χ1v) is 11.9. The molecule has 0 bridgehead atoms. The summed E-state index contributed by atoms with van der Waals surface area (Å²) in [6, 6.07) is 4.49. The summed E-state index contributed by atoms with van der Waals surface area (Å²) in [7, 11) is 3.33. The minimum atomic E-state index is -0.261. The van der Waals surface area contributed by atoms with Crippen LogP contribution in [-0.2, 0) is 11.8 Å². The van der Waals surface area contributed by atoms with Gasteiger partial charge in [0.1, 0.15) is 34.8 Å². The first-order valence-electron chi connectivity index (χ1n) is 11.0. The zero-order chi connectivity index (χ0) is 24.9. The molecule has 4 heterocycles. The summed E-state index contributed by atoms with van der Waals surface area (Å²) in [6.07, 6.45) is 4.90. The third kappa shape index (κ3) is 3.37. The van der Waals surface area contributed by atoms with Crippen molar-refractivity contribution in [3.63, 3.8) is 0 Å². The van der Waals surface area contributed by atoms with Gasteiger partial charge in [-0.2, -0.15) is 20.5 Å². The summed E-state index contributed by atoms with van der Waals surface area (Å²) in [6.45, 7) is 3.21. The molecule has 1 saturated heterocycles. The summed E-state index contributed by atoms with van der Waals surface area (Å²) >= 11 is 1.51. The average molecular weight is 489 g/mol. The molecule has 0 radical (unpaired) electrons. The Kier molecular flexibility index (Phi) is 5.33. The fraction of sp³-hybridized carbons (Fsp3) is 0.391. The topological polar surface area (TPSA) is 167 Å². The van der Waals surface area contributed by atoms with Gasteiger partial charge in [0.2, 0.25) is 0 Å². The number of nitriles is 2. The summed E-state index contributed by atoms with van der Waals surface area (Å²) in [5, 5.41) is 20.4. The number of hydrogen-bond donors (Lipinski definition) is 2. The van der Waals surface area contributed by atoms with Crippen LogP contribution < -0.4 is 26.0 Å². The molecule has 1 atom stereocenters. The second kappa shape index (κ2) is 8.25. The maximum absolute atomic E-state index is 10.2. The number of aryl methyl sites for hydroxylation is 1. The van der Waals surface area contributed by atoms with Crippen molar-refractivity contribution in [1.29, 1.82) is 10.5 Å². The molecule has 178 valence electrons. The maximum atomic E-state index is 10.2. The maximum Gasteiger partial charge on any atom is 0.320 e. The lowest BCUT2D eigenvalue weighted by atomic mass is 9.74. The fourth-order valence-corrected chi connectivity index (χ4v) is 6.27. The first-order chi connectivity index (χ1) is 16.8. The standard InChI is InChI=1S/C23H24N10OS/c1-12(15-8-28-11-29-18(15)26)32(2)20-14(7-25)21(31-22(30-20)34-3)33-9-23(10-33)5-4-16-17(23)13(6-24)19(27)35-16/h8,11-12H,4-5,9-10,27H2,1-3H3,(H2,26,28,29). The number of aromatic nitrogens is 4. The van der Waals surface area contributed by atoms with Crippen LogP contribution in [0.4, 0.5) is 22.5 Å². The Morgan fingerprint density at radius 2 is 1.97 bits per heavy atom. The molecule has 1 aliphatic heterocycles. The summed E-state index contributed by atoms with van der Waals surface area (Å²) in [5.41, 5.74) is 14.7. The van der Waals surface area contributed by atoms with Gasteiger partial charge in [0.05, 0.1) is 18.7 Å². The molecule has 3 aromatic heterocycles. The zero-order valence-electron chi connectivity index (χ0n) is 19.6. The van der Waals surface area contributed by atoms with Crippen LogP contribution in [-0.4, -0.2) is 47.2 Å². The van der Waals surface area contributed by atoms with E-state index in [2.05, 4.69) is 37.0 Å². The summed E-state index contributed by atoms with van der Waals surface area (Å²) in [4.78, 5) is 22.3. The molecule has 1 aliphatic carbocycles. The predicted octanol–water partition coefficient (Wildman–Crippen LogP) is 2.15. The monoisotopic (exact) mass is 488 g/mol. The minimum absolute atomic E-state index is 0.158. The largest absolute Gasteiger partial charge is 0.467 e. The molecule has 11 nitrogen and oxygen atoms in total. The lowest BCUT2D eigenvalue weighted by Crippen LogP contribution is -2.59. The van der Waals surface area contributed by atoms with E-state index in [1.54, 1.807) is 6.20 Å². The predicted molar refractivity (Wildman–Crippen MR) is 132 cm³/mol. The normalized spacial score (nSPS) is 16.2. The van der Waals surface area contributed by atoms with E-state index in [0.29, 0.717) is 46.7 Å². The van der Waals surface area contributed by atoms with Crippen LogP contribution in [0.1, 0.15) is 46.5 Å².